The van der Waals surface area contributed by atoms with E-state index in [2.05, 4.69) is 10.2 Å². The molecular formula is C29H19ClF3N2NaO5. The van der Waals surface area contributed by atoms with Crippen molar-refractivity contribution in [3.05, 3.63) is 100 Å². The number of aromatic nitrogens is 2. The Morgan fingerprint density at radius 3 is 2.44 bits per heavy atom. The van der Waals surface area contributed by atoms with Crippen molar-refractivity contribution in [2.75, 3.05) is 6.61 Å². The summed E-state index contributed by atoms with van der Waals surface area (Å²) in [6, 6.07) is 17.1. The van der Waals surface area contributed by atoms with E-state index >= 15 is 0 Å². The van der Waals surface area contributed by atoms with E-state index in [4.69, 9.17) is 21.1 Å². The molecule has 0 saturated heterocycles. The van der Waals surface area contributed by atoms with Crippen LogP contribution < -0.4 is 44.1 Å². The molecule has 0 amide bonds. The van der Waals surface area contributed by atoms with E-state index in [1.807, 2.05) is 0 Å². The number of nitrogens with zero attached hydrogens (tertiary/aromatic N) is 2. The van der Waals surface area contributed by atoms with Crippen molar-refractivity contribution in [1.29, 1.82) is 0 Å². The SMILES string of the molecule is O=C(Cc1ccc(-c2cccc(C(F)(F)F)c2)nn1)c1ccc(Oc2cc3c(cc2Cl)C(C(=O)[O-])CCO3)cc1.[Na+]. The number of carbonyl (C=O) groups excluding carboxylic acids is 2. The van der Waals surface area contributed by atoms with Crippen molar-refractivity contribution in [3.63, 3.8) is 0 Å². The Bertz CT molecular complexity index is 1580. The van der Waals surface area contributed by atoms with Crippen LogP contribution in [0.1, 0.15) is 39.5 Å². The monoisotopic (exact) mass is 590 g/mol. The van der Waals surface area contributed by atoms with Gasteiger partial charge in [0.15, 0.2) is 5.78 Å². The van der Waals surface area contributed by atoms with E-state index in [0.29, 0.717) is 28.3 Å². The number of carbonyl (C=O) groups is 2. The number of rotatable bonds is 7. The molecule has 41 heavy (non-hydrogen) atoms. The molecule has 0 spiro atoms. The third kappa shape index (κ3) is 7.08. The number of ether oxygens (including phenoxy) is 2. The maximum absolute atomic E-state index is 13.0. The molecule has 4 aromatic rings. The Kier molecular flexibility index (Phi) is 9.38. The smallest absolute Gasteiger partial charge is 0.549 e. The summed E-state index contributed by atoms with van der Waals surface area (Å²) in [5.41, 5.74) is 0.899. The Hall–Kier alpha value is -3.44. The van der Waals surface area contributed by atoms with Crippen molar-refractivity contribution in [1.82, 2.24) is 10.2 Å². The van der Waals surface area contributed by atoms with Crippen LogP contribution in [-0.4, -0.2) is 28.6 Å². The average molecular weight is 591 g/mol. The zero-order chi connectivity index (χ0) is 28.4. The first-order chi connectivity index (χ1) is 19.1. The summed E-state index contributed by atoms with van der Waals surface area (Å²) in [7, 11) is 0. The number of carboxylic acids is 1. The molecule has 12 heteroatoms. The molecule has 204 valence electrons. The first kappa shape index (κ1) is 30.5. The largest absolute Gasteiger partial charge is 1.00 e. The molecule has 1 aliphatic heterocycles. The van der Waals surface area contributed by atoms with Crippen LogP contribution in [0.5, 0.6) is 17.2 Å². The van der Waals surface area contributed by atoms with Gasteiger partial charge in [0.2, 0.25) is 0 Å². The molecular weight excluding hydrogens is 572 g/mol. The third-order valence-electron chi connectivity index (χ3n) is 6.34. The predicted molar refractivity (Wildman–Crippen MR) is 136 cm³/mol. The molecule has 1 aromatic heterocycles. The van der Waals surface area contributed by atoms with Crippen LogP contribution in [0.4, 0.5) is 13.2 Å². The zero-order valence-corrected chi connectivity index (χ0v) is 24.3. The van der Waals surface area contributed by atoms with Crippen molar-refractivity contribution in [3.8, 4) is 28.5 Å². The van der Waals surface area contributed by atoms with E-state index in [1.165, 1.54) is 30.3 Å². The number of alkyl halides is 3. The summed E-state index contributed by atoms with van der Waals surface area (Å²) in [5, 5.41) is 19.6. The summed E-state index contributed by atoms with van der Waals surface area (Å²) in [6.07, 6.45) is -4.25. The third-order valence-corrected chi connectivity index (χ3v) is 6.63. The molecule has 0 N–H and O–H groups in total. The van der Waals surface area contributed by atoms with Gasteiger partial charge in [0, 0.05) is 34.6 Å². The molecule has 3 aromatic carbocycles. The maximum atomic E-state index is 13.0. The number of aliphatic carboxylic acids is 1. The van der Waals surface area contributed by atoms with Gasteiger partial charge in [0.1, 0.15) is 17.2 Å². The second-order valence-electron chi connectivity index (χ2n) is 9.04. The second-order valence-corrected chi connectivity index (χ2v) is 9.45. The molecule has 0 aliphatic carbocycles. The Morgan fingerprint density at radius 2 is 1.78 bits per heavy atom. The van der Waals surface area contributed by atoms with E-state index < -0.39 is 23.6 Å². The van der Waals surface area contributed by atoms with Crippen molar-refractivity contribution >= 4 is 23.4 Å². The molecule has 2 heterocycles. The van der Waals surface area contributed by atoms with Crippen LogP contribution in [0.25, 0.3) is 11.3 Å². The summed E-state index contributed by atoms with van der Waals surface area (Å²) in [4.78, 5) is 24.2. The van der Waals surface area contributed by atoms with E-state index in [1.54, 1.807) is 30.3 Å². The normalized spacial score (nSPS) is 14.3. The number of Topliss-reactive ketones (excluding diaryl/α,β-unsaturated/α-hetero) is 1. The van der Waals surface area contributed by atoms with Crippen molar-refractivity contribution in [2.45, 2.75) is 24.9 Å². The first-order valence-electron chi connectivity index (χ1n) is 12.1. The summed E-state index contributed by atoms with van der Waals surface area (Å²) < 4.78 is 50.4. The van der Waals surface area contributed by atoms with Gasteiger partial charge < -0.3 is 19.4 Å². The van der Waals surface area contributed by atoms with Gasteiger partial charge in [-0.1, -0.05) is 23.7 Å². The molecule has 1 unspecified atom stereocenters. The quantitative estimate of drug-likeness (QED) is 0.241. The zero-order valence-electron chi connectivity index (χ0n) is 21.6. The van der Waals surface area contributed by atoms with Gasteiger partial charge in [-0.3, -0.25) is 4.79 Å². The molecule has 1 aliphatic rings. The van der Waals surface area contributed by atoms with Crippen LogP contribution in [0.2, 0.25) is 5.02 Å². The average Bonchev–Trinajstić information content (AvgIpc) is 2.93. The number of halogens is 4. The van der Waals surface area contributed by atoms with E-state index in [0.717, 1.165) is 12.1 Å². The Labute approximate surface area is 259 Å². The fourth-order valence-corrected chi connectivity index (χ4v) is 4.49. The van der Waals surface area contributed by atoms with Crippen molar-refractivity contribution in [2.24, 2.45) is 0 Å². The number of fused-ring (bicyclic) bond motifs is 1. The van der Waals surface area contributed by atoms with Crippen molar-refractivity contribution < 1.29 is 66.9 Å². The number of hydrogen-bond donors (Lipinski definition) is 0. The van der Waals surface area contributed by atoms with Crippen LogP contribution in [0, 0.1) is 0 Å². The summed E-state index contributed by atoms with van der Waals surface area (Å²) >= 11 is 6.32. The minimum atomic E-state index is -4.47. The fraction of sp³-hybridized carbons (Fsp3) is 0.172. The molecule has 0 fully saturated rings. The standard InChI is InChI=1S/C29H20ClF3N2O5.Na/c30-23-14-22-21(28(37)38)10-11-39-26(22)15-27(23)40-20-7-4-16(5-8-20)25(36)13-19-6-9-24(35-34-19)17-2-1-3-18(12-17)29(31,32)33;/h1-9,12,14-15,21H,10-11,13H2,(H,37,38);/q;+1/p-1. The molecule has 7 nitrogen and oxygen atoms in total. The maximum Gasteiger partial charge on any atom is 1.00 e. The predicted octanol–water partition coefficient (Wildman–Crippen LogP) is 2.65. The minimum absolute atomic E-state index is 0. The van der Waals surface area contributed by atoms with Gasteiger partial charge in [-0.25, -0.2) is 0 Å². The van der Waals surface area contributed by atoms with Crippen LogP contribution in [0.15, 0.2) is 72.8 Å². The van der Waals surface area contributed by atoms with Gasteiger partial charge in [-0.05, 0) is 61.0 Å². The fourth-order valence-electron chi connectivity index (χ4n) is 4.28. The molecule has 0 bridgehead atoms. The first-order valence-corrected chi connectivity index (χ1v) is 12.4. The van der Waals surface area contributed by atoms with Gasteiger partial charge in [0.05, 0.1) is 35.0 Å². The number of ketones is 1. The number of carboxylic acid groups (broad SMARTS) is 1. The Balaban J connectivity index is 0.00000387. The molecule has 0 saturated carbocycles. The van der Waals surface area contributed by atoms with Crippen LogP contribution >= 0.6 is 11.6 Å². The van der Waals surface area contributed by atoms with E-state index in [-0.39, 0.29) is 76.8 Å². The van der Waals surface area contributed by atoms with Gasteiger partial charge in [-0.15, -0.1) is 0 Å². The second kappa shape index (κ2) is 12.6. The summed E-state index contributed by atoms with van der Waals surface area (Å²) in [5.74, 6) is -1.27. The van der Waals surface area contributed by atoms with Crippen LogP contribution in [0.3, 0.4) is 0 Å². The number of benzene rings is 3. The van der Waals surface area contributed by atoms with Gasteiger partial charge in [0.25, 0.3) is 0 Å². The van der Waals surface area contributed by atoms with Gasteiger partial charge >= 0.3 is 35.7 Å². The minimum Gasteiger partial charge on any atom is -0.549 e. The topological polar surface area (TPSA) is 101 Å². The number of hydrogen-bond acceptors (Lipinski definition) is 7. The summed E-state index contributed by atoms with van der Waals surface area (Å²) in [6.45, 7) is 0.224. The van der Waals surface area contributed by atoms with Crippen LogP contribution in [-0.2, 0) is 17.4 Å². The van der Waals surface area contributed by atoms with Gasteiger partial charge in [-0.2, -0.15) is 23.4 Å². The Morgan fingerprint density at radius 1 is 1.02 bits per heavy atom. The van der Waals surface area contributed by atoms with E-state index in [9.17, 15) is 27.9 Å². The molecule has 0 radical (unpaired) electrons. The molecule has 1 atom stereocenters. The molecule has 5 rings (SSSR count).